The third-order valence-electron chi connectivity index (χ3n) is 2.08. The fraction of sp³-hybridized carbons (Fsp3) is 0.444. The second-order valence-electron chi connectivity index (χ2n) is 3.33. The second kappa shape index (κ2) is 4.59. The monoisotopic (exact) mass is 230 g/mol. The van der Waals surface area contributed by atoms with Gasteiger partial charge in [0, 0.05) is 6.20 Å². The number of sulfonamides is 1. The van der Waals surface area contributed by atoms with Crippen LogP contribution in [-0.4, -0.2) is 30.4 Å². The van der Waals surface area contributed by atoms with Crippen LogP contribution in [0, 0.1) is 6.92 Å². The van der Waals surface area contributed by atoms with Crippen molar-refractivity contribution in [2.75, 3.05) is 11.3 Å². The minimum atomic E-state index is -3.53. The van der Waals surface area contributed by atoms with Crippen molar-refractivity contribution in [3.63, 3.8) is 0 Å². The van der Waals surface area contributed by atoms with Crippen molar-refractivity contribution >= 4 is 15.7 Å². The Balaban J connectivity index is 2.92. The molecule has 0 radical (unpaired) electrons. The summed E-state index contributed by atoms with van der Waals surface area (Å²) < 4.78 is 25.6. The summed E-state index contributed by atoms with van der Waals surface area (Å²) in [5.74, 6) is 0. The molecule has 1 unspecified atom stereocenters. The lowest BCUT2D eigenvalue weighted by Crippen LogP contribution is -2.28. The topological polar surface area (TPSA) is 79.3 Å². The Bertz CT molecular complexity index is 431. The first-order valence-electron chi connectivity index (χ1n) is 4.50. The number of nitrogens with zero attached hydrogens (tertiary/aromatic N) is 1. The highest BCUT2D eigenvalue weighted by Gasteiger charge is 2.20. The molecule has 1 rings (SSSR count). The van der Waals surface area contributed by atoms with Gasteiger partial charge in [0.05, 0.1) is 18.5 Å². The van der Waals surface area contributed by atoms with E-state index in [9.17, 15) is 8.42 Å². The van der Waals surface area contributed by atoms with Crippen LogP contribution in [0.2, 0.25) is 0 Å². The zero-order chi connectivity index (χ0) is 11.5. The zero-order valence-electron chi connectivity index (χ0n) is 8.64. The van der Waals surface area contributed by atoms with Crippen LogP contribution in [0.3, 0.4) is 0 Å². The van der Waals surface area contributed by atoms with E-state index >= 15 is 0 Å². The van der Waals surface area contributed by atoms with Crippen molar-refractivity contribution < 1.29 is 13.5 Å². The summed E-state index contributed by atoms with van der Waals surface area (Å²) >= 11 is 0. The van der Waals surface area contributed by atoms with Gasteiger partial charge in [0.2, 0.25) is 10.0 Å². The summed E-state index contributed by atoms with van der Waals surface area (Å²) in [5.41, 5.74) is 1.23. The minimum absolute atomic E-state index is 0.408. The van der Waals surface area contributed by atoms with Gasteiger partial charge in [-0.2, -0.15) is 0 Å². The van der Waals surface area contributed by atoms with Crippen LogP contribution in [0.5, 0.6) is 0 Å². The van der Waals surface area contributed by atoms with Gasteiger partial charge in [-0.3, -0.25) is 9.71 Å². The lowest BCUT2D eigenvalue weighted by Gasteiger charge is -2.13. The van der Waals surface area contributed by atoms with E-state index in [1.807, 2.05) is 0 Å². The molecule has 1 atom stereocenters. The molecule has 0 aliphatic heterocycles. The lowest BCUT2D eigenvalue weighted by molar-refractivity contribution is 0.296. The van der Waals surface area contributed by atoms with Crippen molar-refractivity contribution in [1.29, 1.82) is 0 Å². The molecule has 0 bridgehead atoms. The van der Waals surface area contributed by atoms with E-state index in [0.29, 0.717) is 5.69 Å². The quantitative estimate of drug-likeness (QED) is 0.790. The SMILES string of the molecule is Cc1ccncc1NS(=O)(=O)C(C)CO. The van der Waals surface area contributed by atoms with E-state index in [4.69, 9.17) is 5.11 Å². The Labute approximate surface area is 89.2 Å². The van der Waals surface area contributed by atoms with Crippen LogP contribution >= 0.6 is 0 Å². The number of pyridine rings is 1. The van der Waals surface area contributed by atoms with Gasteiger partial charge >= 0.3 is 0 Å². The number of rotatable bonds is 4. The number of hydrogen-bond donors (Lipinski definition) is 2. The van der Waals surface area contributed by atoms with Crippen LogP contribution in [0.25, 0.3) is 0 Å². The van der Waals surface area contributed by atoms with Crippen molar-refractivity contribution in [3.8, 4) is 0 Å². The predicted molar refractivity (Wildman–Crippen MR) is 58.1 cm³/mol. The molecule has 6 heteroatoms. The average Bonchev–Trinajstić information content (AvgIpc) is 2.20. The lowest BCUT2D eigenvalue weighted by atomic mass is 10.3. The Morgan fingerprint density at radius 1 is 1.60 bits per heavy atom. The summed E-state index contributed by atoms with van der Waals surface area (Å²) in [6.07, 6.45) is 3.03. The van der Waals surface area contributed by atoms with E-state index in [2.05, 4.69) is 9.71 Å². The molecule has 1 heterocycles. The third-order valence-corrected chi connectivity index (χ3v) is 3.79. The number of aromatic nitrogens is 1. The van der Waals surface area contributed by atoms with Crippen molar-refractivity contribution in [2.24, 2.45) is 0 Å². The van der Waals surface area contributed by atoms with Crippen LogP contribution in [0.1, 0.15) is 12.5 Å². The van der Waals surface area contributed by atoms with Gasteiger partial charge in [-0.25, -0.2) is 8.42 Å². The first-order chi connectivity index (χ1) is 6.97. The molecule has 0 saturated heterocycles. The first kappa shape index (κ1) is 11.9. The van der Waals surface area contributed by atoms with E-state index in [1.54, 1.807) is 19.2 Å². The van der Waals surface area contributed by atoms with Crippen LogP contribution in [-0.2, 0) is 10.0 Å². The molecular weight excluding hydrogens is 216 g/mol. The molecule has 15 heavy (non-hydrogen) atoms. The van der Waals surface area contributed by atoms with Gasteiger partial charge in [-0.15, -0.1) is 0 Å². The molecule has 84 valence electrons. The molecule has 1 aromatic heterocycles. The van der Waals surface area contributed by atoms with E-state index in [1.165, 1.54) is 13.1 Å². The molecule has 0 aromatic carbocycles. The Hall–Kier alpha value is -1.14. The Kier molecular flexibility index (Phi) is 3.65. The van der Waals surface area contributed by atoms with Crippen LogP contribution < -0.4 is 4.72 Å². The molecular formula is C9H14N2O3S. The summed E-state index contributed by atoms with van der Waals surface area (Å²) in [5, 5.41) is 7.95. The number of aryl methyl sites for hydroxylation is 1. The van der Waals surface area contributed by atoms with E-state index in [0.717, 1.165) is 5.56 Å². The molecule has 1 aromatic rings. The molecule has 0 fully saturated rings. The number of aliphatic hydroxyl groups excluding tert-OH is 1. The molecule has 2 N–H and O–H groups in total. The van der Waals surface area contributed by atoms with Gasteiger partial charge in [-0.05, 0) is 25.5 Å². The number of nitrogens with one attached hydrogen (secondary N) is 1. The van der Waals surface area contributed by atoms with Crippen LogP contribution in [0.4, 0.5) is 5.69 Å². The van der Waals surface area contributed by atoms with Gasteiger partial charge in [0.25, 0.3) is 0 Å². The summed E-state index contributed by atoms with van der Waals surface area (Å²) in [6, 6.07) is 1.71. The summed E-state index contributed by atoms with van der Waals surface area (Å²) in [4.78, 5) is 3.83. The predicted octanol–water partition coefficient (Wildman–Crippen LogP) is 0.513. The number of aliphatic hydroxyl groups is 1. The van der Waals surface area contributed by atoms with Crippen LogP contribution in [0.15, 0.2) is 18.5 Å². The maximum absolute atomic E-state index is 11.6. The maximum atomic E-state index is 11.6. The Morgan fingerprint density at radius 3 is 2.80 bits per heavy atom. The van der Waals surface area contributed by atoms with Gasteiger partial charge in [-0.1, -0.05) is 0 Å². The smallest absolute Gasteiger partial charge is 0.237 e. The highest BCUT2D eigenvalue weighted by atomic mass is 32.2. The van der Waals surface area contributed by atoms with Gasteiger partial charge in [0.1, 0.15) is 5.25 Å². The van der Waals surface area contributed by atoms with Crippen molar-refractivity contribution in [1.82, 2.24) is 4.98 Å². The second-order valence-corrected chi connectivity index (χ2v) is 5.43. The summed E-state index contributed by atoms with van der Waals surface area (Å²) in [6.45, 7) is 2.81. The maximum Gasteiger partial charge on any atom is 0.237 e. The fourth-order valence-corrected chi connectivity index (χ4v) is 1.84. The van der Waals surface area contributed by atoms with Crippen molar-refractivity contribution in [2.45, 2.75) is 19.1 Å². The summed E-state index contributed by atoms with van der Waals surface area (Å²) in [7, 11) is -3.53. The largest absolute Gasteiger partial charge is 0.395 e. The highest BCUT2D eigenvalue weighted by molar-refractivity contribution is 7.93. The van der Waals surface area contributed by atoms with Gasteiger partial charge in [0.15, 0.2) is 0 Å². The fourth-order valence-electron chi connectivity index (χ4n) is 0.923. The molecule has 0 amide bonds. The van der Waals surface area contributed by atoms with Crippen molar-refractivity contribution in [3.05, 3.63) is 24.0 Å². The zero-order valence-corrected chi connectivity index (χ0v) is 9.45. The van der Waals surface area contributed by atoms with Gasteiger partial charge < -0.3 is 5.11 Å². The molecule has 0 aliphatic carbocycles. The Morgan fingerprint density at radius 2 is 2.27 bits per heavy atom. The third kappa shape index (κ3) is 2.90. The standard InChI is InChI=1S/C9H14N2O3S/c1-7-3-4-10-5-9(7)11-15(13,14)8(2)6-12/h3-5,8,11-12H,6H2,1-2H3. The average molecular weight is 230 g/mol. The first-order valence-corrected chi connectivity index (χ1v) is 6.05. The number of hydrogen-bond acceptors (Lipinski definition) is 4. The van der Waals surface area contributed by atoms with E-state index < -0.39 is 21.9 Å². The molecule has 5 nitrogen and oxygen atoms in total. The molecule has 0 saturated carbocycles. The molecule has 0 spiro atoms. The molecule has 0 aliphatic rings. The van der Waals surface area contributed by atoms with E-state index in [-0.39, 0.29) is 0 Å². The highest BCUT2D eigenvalue weighted by Crippen LogP contribution is 2.15. The minimum Gasteiger partial charge on any atom is -0.395 e. The normalized spacial score (nSPS) is 13.5. The number of anilines is 1.